The van der Waals surface area contributed by atoms with Crippen LogP contribution in [0.5, 0.6) is 0 Å². The molecule has 1 aromatic carbocycles. The van der Waals surface area contributed by atoms with E-state index in [1.165, 1.54) is 0 Å². The van der Waals surface area contributed by atoms with Crippen molar-refractivity contribution in [3.8, 4) is 0 Å². The third-order valence-corrected chi connectivity index (χ3v) is 7.14. The van der Waals surface area contributed by atoms with Crippen molar-refractivity contribution in [1.82, 2.24) is 4.90 Å². The Bertz CT molecular complexity index is 976. The summed E-state index contributed by atoms with van der Waals surface area (Å²) in [5, 5.41) is 4.11. The second kappa shape index (κ2) is 11.0. The van der Waals surface area contributed by atoms with Crippen molar-refractivity contribution >= 4 is 15.8 Å². The van der Waals surface area contributed by atoms with Gasteiger partial charge in [-0.2, -0.15) is 8.42 Å². The third kappa shape index (κ3) is 8.42. The van der Waals surface area contributed by atoms with Gasteiger partial charge in [0.15, 0.2) is 0 Å². The number of nitrogens with zero attached hydrogens (tertiary/aromatic N) is 2. The average Bonchev–Trinajstić information content (AvgIpc) is 2.74. The van der Waals surface area contributed by atoms with Crippen LogP contribution in [0.3, 0.4) is 0 Å². The van der Waals surface area contributed by atoms with E-state index in [9.17, 15) is 8.42 Å². The molecule has 33 heavy (non-hydrogen) atoms. The van der Waals surface area contributed by atoms with Crippen LogP contribution in [0.25, 0.3) is 0 Å². The van der Waals surface area contributed by atoms with E-state index in [2.05, 4.69) is 64.6 Å². The zero-order chi connectivity index (χ0) is 24.9. The van der Waals surface area contributed by atoms with Gasteiger partial charge in [0.05, 0.1) is 5.71 Å². The Morgan fingerprint density at radius 1 is 1.12 bits per heavy atom. The normalized spacial score (nSPS) is 16.6. The molecule has 0 bridgehead atoms. The summed E-state index contributed by atoms with van der Waals surface area (Å²) < 4.78 is 31.0. The number of benzene rings is 1. The molecular weight excluding hydrogens is 432 g/mol. The molecule has 0 aliphatic heterocycles. The second-order valence-electron chi connectivity index (χ2n) is 11.3. The van der Waals surface area contributed by atoms with Gasteiger partial charge in [0.2, 0.25) is 0 Å². The van der Waals surface area contributed by atoms with Gasteiger partial charge in [-0.1, -0.05) is 84.0 Å². The van der Waals surface area contributed by atoms with E-state index < -0.39 is 10.1 Å². The Morgan fingerprint density at radius 3 is 2.24 bits per heavy atom. The maximum Gasteiger partial charge on any atom is 0.358 e. The third-order valence-electron chi connectivity index (χ3n) is 6.02. The van der Waals surface area contributed by atoms with Crippen LogP contribution in [0.1, 0.15) is 79.2 Å². The first-order valence-corrected chi connectivity index (χ1v) is 13.3. The molecular formula is C27H42N2O3S. The Kier molecular flexibility index (Phi) is 9.11. The van der Waals surface area contributed by atoms with Crippen molar-refractivity contribution in [2.75, 3.05) is 20.1 Å². The van der Waals surface area contributed by atoms with Crippen LogP contribution in [0.15, 0.2) is 58.1 Å². The first kappa shape index (κ1) is 27.3. The van der Waals surface area contributed by atoms with Crippen LogP contribution in [0.4, 0.5) is 0 Å². The van der Waals surface area contributed by atoms with Gasteiger partial charge in [0, 0.05) is 6.54 Å². The van der Waals surface area contributed by atoms with E-state index in [-0.39, 0.29) is 15.7 Å². The summed E-state index contributed by atoms with van der Waals surface area (Å²) in [6, 6.07) is 7.12. The Balaban J connectivity index is 2.28. The minimum Gasteiger partial charge on any atom is -0.301 e. The molecule has 1 aliphatic rings. The van der Waals surface area contributed by atoms with Crippen molar-refractivity contribution in [1.29, 1.82) is 0 Å². The van der Waals surface area contributed by atoms with Crippen LogP contribution in [0, 0.1) is 10.8 Å². The van der Waals surface area contributed by atoms with E-state index in [0.29, 0.717) is 18.2 Å². The lowest BCUT2D eigenvalue weighted by atomic mass is 9.69. The smallest absolute Gasteiger partial charge is 0.301 e. The molecule has 0 N–H and O–H groups in total. The van der Waals surface area contributed by atoms with Crippen molar-refractivity contribution in [3.05, 3.63) is 53.6 Å². The molecule has 2 rings (SSSR count). The van der Waals surface area contributed by atoms with Crippen molar-refractivity contribution in [2.45, 2.75) is 78.5 Å². The molecule has 1 atom stereocenters. The quantitative estimate of drug-likeness (QED) is 0.301. The highest BCUT2D eigenvalue weighted by Crippen LogP contribution is 2.43. The molecule has 0 spiro atoms. The zero-order valence-corrected chi connectivity index (χ0v) is 22.5. The van der Waals surface area contributed by atoms with E-state index in [1.54, 1.807) is 12.1 Å². The second-order valence-corrected chi connectivity index (χ2v) is 12.8. The highest BCUT2D eigenvalue weighted by Gasteiger charge is 2.30. The summed E-state index contributed by atoms with van der Waals surface area (Å²) in [7, 11) is -2.02. The standard InChI is InChI=1S/C27H42N2O3S/c1-9-29(8)20-25(22-13-11-10-12-14-22)28-32-33(30,31)23-17-15-21(16-18-23)24(27(5,6)7)19-26(2,3)4/h10-11,13,15-18,24H,9,12,14,19-20H2,1-8H3. The SMILES string of the molecule is CCN(C)CC(=NOS(=O)(=O)c1ccc(C(CC(C)(C)C)C(C)(C)C)cc1)C1=CC=CCC1. The first-order valence-electron chi connectivity index (χ1n) is 11.9. The van der Waals surface area contributed by atoms with Gasteiger partial charge < -0.3 is 4.90 Å². The van der Waals surface area contributed by atoms with Gasteiger partial charge in [-0.25, -0.2) is 0 Å². The lowest BCUT2D eigenvalue weighted by molar-refractivity contribution is 0.229. The number of hydrogen-bond donors (Lipinski definition) is 0. The number of rotatable bonds is 9. The highest BCUT2D eigenvalue weighted by molar-refractivity contribution is 7.86. The van der Waals surface area contributed by atoms with Crippen LogP contribution in [-0.2, 0) is 14.4 Å². The molecule has 1 unspecified atom stereocenters. The van der Waals surface area contributed by atoms with E-state index in [1.807, 2.05) is 31.3 Å². The predicted molar refractivity (Wildman–Crippen MR) is 138 cm³/mol. The monoisotopic (exact) mass is 474 g/mol. The molecule has 184 valence electrons. The molecule has 0 saturated heterocycles. The Labute approximate surface area is 201 Å². The van der Waals surface area contributed by atoms with E-state index in [4.69, 9.17) is 4.28 Å². The summed E-state index contributed by atoms with van der Waals surface area (Å²) in [6.45, 7) is 16.8. The maximum atomic E-state index is 12.9. The Hall–Kier alpha value is -1.92. The fourth-order valence-corrected chi connectivity index (χ4v) is 4.68. The van der Waals surface area contributed by atoms with Gasteiger partial charge in [-0.3, -0.25) is 4.28 Å². The molecule has 6 heteroatoms. The molecule has 5 nitrogen and oxygen atoms in total. The fraction of sp³-hybridized carbons (Fsp3) is 0.593. The predicted octanol–water partition coefficient (Wildman–Crippen LogP) is 6.54. The first-order chi connectivity index (χ1) is 15.2. The lowest BCUT2D eigenvalue weighted by Crippen LogP contribution is -2.27. The minimum absolute atomic E-state index is 0.0663. The largest absolute Gasteiger partial charge is 0.358 e. The van der Waals surface area contributed by atoms with Crippen molar-refractivity contribution in [2.24, 2.45) is 16.0 Å². The summed E-state index contributed by atoms with van der Waals surface area (Å²) in [5.41, 5.74) is 3.05. The molecule has 1 aromatic rings. The lowest BCUT2D eigenvalue weighted by Gasteiger charge is -2.36. The van der Waals surface area contributed by atoms with Crippen molar-refractivity contribution in [3.63, 3.8) is 0 Å². The molecule has 0 heterocycles. The summed E-state index contributed by atoms with van der Waals surface area (Å²) in [6.07, 6.45) is 8.82. The number of oxime groups is 1. The van der Waals surface area contributed by atoms with E-state index >= 15 is 0 Å². The van der Waals surface area contributed by atoms with Gasteiger partial charge in [-0.05, 0) is 72.9 Å². The van der Waals surface area contributed by atoms with Gasteiger partial charge in [0.25, 0.3) is 0 Å². The van der Waals surface area contributed by atoms with Gasteiger partial charge in [0.1, 0.15) is 4.90 Å². The molecule has 0 amide bonds. The number of hydrogen-bond acceptors (Lipinski definition) is 5. The molecule has 1 aliphatic carbocycles. The summed E-state index contributed by atoms with van der Waals surface area (Å²) in [4.78, 5) is 2.20. The van der Waals surface area contributed by atoms with Crippen LogP contribution in [0.2, 0.25) is 0 Å². The maximum absolute atomic E-state index is 12.9. The summed E-state index contributed by atoms with van der Waals surface area (Å²) >= 11 is 0. The van der Waals surface area contributed by atoms with Gasteiger partial charge in [-0.15, -0.1) is 0 Å². The zero-order valence-electron chi connectivity index (χ0n) is 21.7. The topological polar surface area (TPSA) is 59.0 Å². The number of allylic oxidation sites excluding steroid dienone is 3. The van der Waals surface area contributed by atoms with E-state index in [0.717, 1.165) is 36.9 Å². The molecule has 0 radical (unpaired) electrons. The minimum atomic E-state index is -4.00. The molecule has 0 fully saturated rings. The fourth-order valence-electron chi connectivity index (χ4n) is 3.94. The summed E-state index contributed by atoms with van der Waals surface area (Å²) in [5.74, 6) is 0.315. The molecule has 0 aromatic heterocycles. The molecule has 0 saturated carbocycles. The van der Waals surface area contributed by atoms with Crippen LogP contribution in [-0.4, -0.2) is 39.2 Å². The average molecular weight is 475 g/mol. The Morgan fingerprint density at radius 2 is 1.76 bits per heavy atom. The highest BCUT2D eigenvalue weighted by atomic mass is 32.2. The van der Waals surface area contributed by atoms with Crippen LogP contribution >= 0.6 is 0 Å². The van der Waals surface area contributed by atoms with Crippen molar-refractivity contribution < 1.29 is 12.7 Å². The van der Waals surface area contributed by atoms with Crippen LogP contribution < -0.4 is 0 Å². The van der Waals surface area contributed by atoms with Gasteiger partial charge >= 0.3 is 10.1 Å².